The van der Waals surface area contributed by atoms with Crippen LogP contribution in [-0.2, 0) is 37.0 Å². The van der Waals surface area contributed by atoms with E-state index in [4.69, 9.17) is 14.6 Å². The van der Waals surface area contributed by atoms with Gasteiger partial charge in [-0.1, -0.05) is 60.7 Å². The molecule has 0 bridgehead atoms. The molecule has 0 heterocycles. The Bertz CT molecular complexity index is 674. The van der Waals surface area contributed by atoms with E-state index in [2.05, 4.69) is 4.18 Å². The second-order valence-corrected chi connectivity index (χ2v) is 6.97. The molecule has 2 aromatic carbocycles. The van der Waals surface area contributed by atoms with Gasteiger partial charge in [0.1, 0.15) is 0 Å². The lowest BCUT2D eigenvalue weighted by Crippen LogP contribution is -2.09. The van der Waals surface area contributed by atoms with Gasteiger partial charge in [-0.05, 0) is 11.1 Å². The SMILES string of the molecule is CS(=O)(=O)OCCOCc1ccccc1.OCCOCc1ccccc1. The molecule has 0 aliphatic rings. The predicted octanol–water partition coefficient (Wildman–Crippen LogP) is 2.37. The Hall–Kier alpha value is -1.77. The molecule has 1 N–H and O–H groups in total. The molecule has 6 nitrogen and oxygen atoms in total. The molecular weight excluding hydrogens is 356 g/mol. The van der Waals surface area contributed by atoms with E-state index >= 15 is 0 Å². The average Bonchev–Trinajstić information content (AvgIpc) is 2.63. The molecule has 2 aromatic rings. The summed E-state index contributed by atoms with van der Waals surface area (Å²) in [5.74, 6) is 0. The normalized spacial score (nSPS) is 10.8. The van der Waals surface area contributed by atoms with Gasteiger partial charge in [-0.25, -0.2) is 0 Å². The van der Waals surface area contributed by atoms with Crippen LogP contribution in [0.4, 0.5) is 0 Å². The largest absolute Gasteiger partial charge is 0.394 e. The highest BCUT2D eigenvalue weighted by Gasteiger charge is 2.00. The number of rotatable bonds is 10. The van der Waals surface area contributed by atoms with Crippen LogP contribution in [-0.4, -0.2) is 46.2 Å². The van der Waals surface area contributed by atoms with Crippen molar-refractivity contribution >= 4 is 10.1 Å². The van der Waals surface area contributed by atoms with E-state index in [-0.39, 0.29) is 19.8 Å². The fraction of sp³-hybridized carbons (Fsp3) is 0.368. The Morgan fingerprint density at radius 3 is 1.65 bits per heavy atom. The van der Waals surface area contributed by atoms with Gasteiger partial charge < -0.3 is 14.6 Å². The minimum absolute atomic E-state index is 0.0612. The zero-order chi connectivity index (χ0) is 19.1. The van der Waals surface area contributed by atoms with Crippen molar-refractivity contribution in [2.24, 2.45) is 0 Å². The predicted molar refractivity (Wildman–Crippen MR) is 100 cm³/mol. The molecular formula is C19H26O6S. The molecule has 0 fully saturated rings. The summed E-state index contributed by atoms with van der Waals surface area (Å²) in [4.78, 5) is 0. The van der Waals surface area contributed by atoms with E-state index in [1.54, 1.807) is 0 Å². The second kappa shape index (κ2) is 13.4. The summed E-state index contributed by atoms with van der Waals surface area (Å²) in [7, 11) is -3.35. The molecule has 144 valence electrons. The summed E-state index contributed by atoms with van der Waals surface area (Å²) < 4.78 is 36.0. The molecule has 0 radical (unpaired) electrons. The van der Waals surface area contributed by atoms with Crippen molar-refractivity contribution < 1.29 is 27.2 Å². The maximum atomic E-state index is 10.6. The number of benzene rings is 2. The van der Waals surface area contributed by atoms with Gasteiger partial charge in [-0.3, -0.25) is 4.18 Å². The summed E-state index contributed by atoms with van der Waals surface area (Å²) >= 11 is 0. The monoisotopic (exact) mass is 382 g/mol. The van der Waals surface area contributed by atoms with Gasteiger partial charge in [0.15, 0.2) is 0 Å². The summed E-state index contributed by atoms with van der Waals surface area (Å²) in [6.07, 6.45) is 1.02. The van der Waals surface area contributed by atoms with E-state index in [1.165, 1.54) is 0 Å². The third-order valence-electron chi connectivity index (χ3n) is 2.98. The van der Waals surface area contributed by atoms with Crippen LogP contribution in [0.25, 0.3) is 0 Å². The lowest BCUT2D eigenvalue weighted by Gasteiger charge is -2.03. The van der Waals surface area contributed by atoms with Gasteiger partial charge in [0.2, 0.25) is 0 Å². The Balaban J connectivity index is 0.000000273. The topological polar surface area (TPSA) is 82.1 Å². The standard InChI is InChI=1S/C10H14O4S.C9H12O2/c1-15(11,12)14-8-7-13-9-10-5-3-2-4-6-10;10-6-7-11-8-9-4-2-1-3-5-9/h2-6H,7-9H2,1H3;1-5,10H,6-8H2. The molecule has 0 aliphatic heterocycles. The highest BCUT2D eigenvalue weighted by Crippen LogP contribution is 2.00. The summed E-state index contributed by atoms with van der Waals surface area (Å²) in [6.45, 7) is 1.88. The zero-order valence-electron chi connectivity index (χ0n) is 14.9. The summed E-state index contributed by atoms with van der Waals surface area (Å²) in [6, 6.07) is 19.6. The Labute approximate surface area is 155 Å². The van der Waals surface area contributed by atoms with Crippen molar-refractivity contribution in [3.63, 3.8) is 0 Å². The van der Waals surface area contributed by atoms with Crippen molar-refractivity contribution in [1.82, 2.24) is 0 Å². The van der Waals surface area contributed by atoms with Crippen molar-refractivity contribution in [2.75, 3.05) is 32.7 Å². The first-order valence-electron chi connectivity index (χ1n) is 8.20. The number of ether oxygens (including phenoxy) is 2. The number of hydrogen-bond acceptors (Lipinski definition) is 6. The molecule has 7 heteroatoms. The number of aliphatic hydroxyl groups is 1. The Morgan fingerprint density at radius 2 is 1.23 bits per heavy atom. The molecule has 26 heavy (non-hydrogen) atoms. The van der Waals surface area contributed by atoms with E-state index in [1.807, 2.05) is 60.7 Å². The van der Waals surface area contributed by atoms with Crippen LogP contribution in [0, 0.1) is 0 Å². The molecule has 0 spiro atoms. The van der Waals surface area contributed by atoms with Crippen LogP contribution < -0.4 is 0 Å². The van der Waals surface area contributed by atoms with E-state index in [9.17, 15) is 8.42 Å². The van der Waals surface area contributed by atoms with E-state index in [0.717, 1.165) is 17.4 Å². The quantitative estimate of drug-likeness (QED) is 0.502. The van der Waals surface area contributed by atoms with Crippen LogP contribution in [0.5, 0.6) is 0 Å². The average molecular weight is 382 g/mol. The van der Waals surface area contributed by atoms with Crippen molar-refractivity contribution in [3.8, 4) is 0 Å². The first-order valence-corrected chi connectivity index (χ1v) is 10.0. The van der Waals surface area contributed by atoms with Gasteiger partial charge in [-0.2, -0.15) is 8.42 Å². The number of aliphatic hydroxyl groups excluding tert-OH is 1. The third kappa shape index (κ3) is 12.6. The number of hydrogen-bond donors (Lipinski definition) is 1. The van der Waals surface area contributed by atoms with Crippen molar-refractivity contribution in [2.45, 2.75) is 13.2 Å². The van der Waals surface area contributed by atoms with Gasteiger partial charge in [0.05, 0.1) is 45.9 Å². The van der Waals surface area contributed by atoms with Gasteiger partial charge in [-0.15, -0.1) is 0 Å². The van der Waals surface area contributed by atoms with Crippen LogP contribution in [0.3, 0.4) is 0 Å². The van der Waals surface area contributed by atoms with Crippen LogP contribution in [0.2, 0.25) is 0 Å². The van der Waals surface area contributed by atoms with Crippen molar-refractivity contribution in [3.05, 3.63) is 71.8 Å². The molecule has 0 aliphatic carbocycles. The smallest absolute Gasteiger partial charge is 0.264 e. The fourth-order valence-electron chi connectivity index (χ4n) is 1.84. The third-order valence-corrected chi connectivity index (χ3v) is 3.58. The second-order valence-electron chi connectivity index (χ2n) is 5.33. The molecule has 0 saturated carbocycles. The van der Waals surface area contributed by atoms with E-state index in [0.29, 0.717) is 19.8 Å². The molecule has 0 saturated heterocycles. The first kappa shape index (κ1) is 22.3. The lowest BCUT2D eigenvalue weighted by molar-refractivity contribution is 0.0815. The van der Waals surface area contributed by atoms with E-state index < -0.39 is 10.1 Å². The minimum atomic E-state index is -3.35. The van der Waals surface area contributed by atoms with Crippen LogP contribution in [0.1, 0.15) is 11.1 Å². The molecule has 0 unspecified atom stereocenters. The minimum Gasteiger partial charge on any atom is -0.394 e. The Morgan fingerprint density at radius 1 is 0.769 bits per heavy atom. The highest BCUT2D eigenvalue weighted by molar-refractivity contribution is 7.85. The summed E-state index contributed by atoms with van der Waals surface area (Å²) in [5, 5.41) is 8.42. The maximum absolute atomic E-state index is 10.6. The molecule has 2 rings (SSSR count). The van der Waals surface area contributed by atoms with Crippen LogP contribution in [0.15, 0.2) is 60.7 Å². The van der Waals surface area contributed by atoms with Crippen LogP contribution >= 0.6 is 0 Å². The van der Waals surface area contributed by atoms with Gasteiger partial charge in [0.25, 0.3) is 10.1 Å². The Kier molecular flexibility index (Phi) is 11.5. The zero-order valence-corrected chi connectivity index (χ0v) is 15.7. The molecule has 0 aromatic heterocycles. The summed E-state index contributed by atoms with van der Waals surface area (Å²) in [5.41, 5.74) is 2.19. The molecule has 0 amide bonds. The van der Waals surface area contributed by atoms with Crippen molar-refractivity contribution in [1.29, 1.82) is 0 Å². The fourth-order valence-corrected chi connectivity index (χ4v) is 2.21. The van der Waals surface area contributed by atoms with Gasteiger partial charge >= 0.3 is 0 Å². The highest BCUT2D eigenvalue weighted by atomic mass is 32.2. The first-order chi connectivity index (χ1) is 12.5. The lowest BCUT2D eigenvalue weighted by atomic mass is 10.2. The molecule has 0 atom stereocenters. The van der Waals surface area contributed by atoms with Gasteiger partial charge in [0, 0.05) is 0 Å². The maximum Gasteiger partial charge on any atom is 0.264 e.